The maximum atomic E-state index is 13.2. The van der Waals surface area contributed by atoms with Crippen molar-refractivity contribution in [2.45, 2.75) is 38.8 Å². The van der Waals surface area contributed by atoms with Gasteiger partial charge >= 0.3 is 0 Å². The largest absolute Gasteiger partial charge is 0.494 e. The lowest BCUT2D eigenvalue weighted by atomic mass is 9.83. The molecule has 1 saturated heterocycles. The van der Waals surface area contributed by atoms with Crippen molar-refractivity contribution >= 4 is 16.7 Å². The van der Waals surface area contributed by atoms with Crippen molar-refractivity contribution < 1.29 is 9.13 Å². The van der Waals surface area contributed by atoms with E-state index in [2.05, 4.69) is 91.8 Å². The molecule has 0 saturated carbocycles. The van der Waals surface area contributed by atoms with Gasteiger partial charge in [0.1, 0.15) is 11.6 Å². The highest BCUT2D eigenvalue weighted by Gasteiger charge is 2.23. The van der Waals surface area contributed by atoms with Crippen LogP contribution in [-0.2, 0) is 13.1 Å². The van der Waals surface area contributed by atoms with Crippen LogP contribution in [0, 0.1) is 17.1 Å². The summed E-state index contributed by atoms with van der Waals surface area (Å²) in [7, 11) is 0. The van der Waals surface area contributed by atoms with Gasteiger partial charge in [0, 0.05) is 50.9 Å². The first-order valence-corrected chi connectivity index (χ1v) is 17.0. The molecule has 1 aromatic heterocycles. The topological polar surface area (TPSA) is 49.4 Å². The van der Waals surface area contributed by atoms with Crippen molar-refractivity contribution in [3.8, 4) is 5.75 Å². The van der Waals surface area contributed by atoms with Crippen LogP contribution in [0.25, 0.3) is 11.0 Å². The molecule has 3 aliphatic rings. The van der Waals surface area contributed by atoms with E-state index in [1.54, 1.807) is 17.7 Å². The van der Waals surface area contributed by atoms with Crippen molar-refractivity contribution in [3.05, 3.63) is 137 Å². The maximum Gasteiger partial charge on any atom is 0.203 e. The number of piperazine rings is 1. The molecule has 1 aliphatic heterocycles. The number of aromatic nitrogens is 2. The van der Waals surface area contributed by atoms with E-state index >= 15 is 0 Å². The number of para-hydroxylation sites is 2. The molecule has 1 unspecified atom stereocenters. The second kappa shape index (κ2) is 14.4. The van der Waals surface area contributed by atoms with Crippen LogP contribution in [0.5, 0.6) is 5.75 Å². The normalized spacial score (nSPS) is 18.4. The number of fused-ring (bicyclic) bond motifs is 1. The van der Waals surface area contributed by atoms with Gasteiger partial charge in [0.05, 0.1) is 24.2 Å². The van der Waals surface area contributed by atoms with Crippen molar-refractivity contribution in [2.24, 2.45) is 5.92 Å². The third kappa shape index (κ3) is 7.20. The molecule has 0 bridgehead atoms. The number of rotatable bonds is 11. The minimum Gasteiger partial charge on any atom is -0.494 e. The maximum absolute atomic E-state index is 13.2. The second-order valence-electron chi connectivity index (χ2n) is 12.8. The molecule has 4 aromatic rings. The monoisotopic (exact) mass is 629 g/mol. The van der Waals surface area contributed by atoms with Crippen molar-refractivity contribution in [1.82, 2.24) is 14.0 Å². The number of nitrogens with zero attached hydrogens (tertiary/aromatic N) is 4. The first-order chi connectivity index (χ1) is 23.1. The molecule has 0 spiro atoms. The van der Waals surface area contributed by atoms with Crippen LogP contribution in [0.15, 0.2) is 120 Å². The zero-order chi connectivity index (χ0) is 32.0. The zero-order valence-electron chi connectivity index (χ0n) is 27.0. The van der Waals surface area contributed by atoms with Crippen LogP contribution in [0.1, 0.15) is 31.2 Å². The molecule has 7 rings (SSSR count). The SMILES string of the molecule is N=c1n(CCCOc2ccc(F)cc2)c2ccccc2n1Cc1ccc(N2CCN(CC3=CCCC=C3C3C=CC=CC3)CC2)cc1. The summed E-state index contributed by atoms with van der Waals surface area (Å²) < 4.78 is 23.1. The molecule has 2 aliphatic carbocycles. The minimum atomic E-state index is -0.271. The minimum absolute atomic E-state index is 0.271. The molecule has 3 aromatic carbocycles. The molecule has 1 atom stereocenters. The summed E-state index contributed by atoms with van der Waals surface area (Å²) in [5.41, 5.74) is 8.11. The Morgan fingerprint density at radius 3 is 2.28 bits per heavy atom. The van der Waals surface area contributed by atoms with E-state index in [0.29, 0.717) is 37.0 Å². The number of allylic oxidation sites excluding steroid dienone is 6. The number of nitrogens with one attached hydrogen (secondary N) is 1. The van der Waals surface area contributed by atoms with Gasteiger partial charge in [0.25, 0.3) is 0 Å². The Labute approximate surface area is 276 Å². The molecule has 1 N–H and O–H groups in total. The van der Waals surface area contributed by atoms with E-state index in [9.17, 15) is 4.39 Å². The fourth-order valence-electron chi connectivity index (χ4n) is 7.13. The van der Waals surface area contributed by atoms with Crippen LogP contribution in [0.3, 0.4) is 0 Å². The summed E-state index contributed by atoms with van der Waals surface area (Å²) in [4.78, 5) is 5.12. The zero-order valence-corrected chi connectivity index (χ0v) is 27.0. The molecule has 1 fully saturated rings. The van der Waals surface area contributed by atoms with E-state index in [0.717, 1.165) is 69.4 Å². The van der Waals surface area contributed by atoms with E-state index in [1.165, 1.54) is 29.0 Å². The summed E-state index contributed by atoms with van der Waals surface area (Å²) in [5, 5.41) is 9.05. The Kier molecular flexibility index (Phi) is 9.52. The lowest BCUT2D eigenvalue weighted by Gasteiger charge is -2.37. The molecular formula is C40H44FN5O. The number of anilines is 1. The quantitative estimate of drug-likeness (QED) is 0.175. The summed E-state index contributed by atoms with van der Waals surface area (Å²) in [5.74, 6) is 0.915. The molecule has 47 heavy (non-hydrogen) atoms. The summed E-state index contributed by atoms with van der Waals surface area (Å²) in [6.07, 6.45) is 18.2. The van der Waals surface area contributed by atoms with Gasteiger partial charge < -0.3 is 18.8 Å². The highest BCUT2D eigenvalue weighted by atomic mass is 19.1. The Hall–Kier alpha value is -4.62. The van der Waals surface area contributed by atoms with Crippen LogP contribution < -0.4 is 15.3 Å². The average molecular weight is 630 g/mol. The second-order valence-corrected chi connectivity index (χ2v) is 12.8. The first kappa shape index (κ1) is 31.0. The third-order valence-corrected chi connectivity index (χ3v) is 9.66. The number of hydrogen-bond acceptors (Lipinski definition) is 4. The molecule has 7 heteroatoms. The smallest absolute Gasteiger partial charge is 0.203 e. The van der Waals surface area contributed by atoms with Crippen LogP contribution in [0.2, 0.25) is 0 Å². The molecule has 0 radical (unpaired) electrons. The fraction of sp³-hybridized carbons (Fsp3) is 0.325. The third-order valence-electron chi connectivity index (χ3n) is 9.66. The van der Waals surface area contributed by atoms with Crippen molar-refractivity contribution in [2.75, 3.05) is 44.2 Å². The van der Waals surface area contributed by atoms with Gasteiger partial charge in [-0.2, -0.15) is 0 Å². The van der Waals surface area contributed by atoms with Gasteiger partial charge in [-0.15, -0.1) is 0 Å². The molecule has 6 nitrogen and oxygen atoms in total. The van der Waals surface area contributed by atoms with Gasteiger partial charge in [-0.3, -0.25) is 10.3 Å². The fourth-order valence-corrected chi connectivity index (χ4v) is 7.13. The lowest BCUT2D eigenvalue weighted by molar-refractivity contribution is 0.278. The van der Waals surface area contributed by atoms with Crippen LogP contribution >= 0.6 is 0 Å². The van der Waals surface area contributed by atoms with Crippen molar-refractivity contribution in [1.29, 1.82) is 5.41 Å². The number of halogens is 1. The number of aryl methyl sites for hydroxylation is 1. The standard InChI is InChI=1S/C40H44FN5O/c41-34-17-21-36(22-18-34)47-28-8-23-45-38-13-6-7-14-39(38)46(40(45)42)29-31-15-19-35(20-16-31)44-26-24-43(25-27-44)30-33-11-4-5-12-37(33)32-9-2-1-3-10-32/h1-3,6-7,9,11-22,32,42H,4-5,8,10,23-30H2. The molecular weight excluding hydrogens is 585 g/mol. The number of hydrogen-bond donors (Lipinski definition) is 1. The summed E-state index contributed by atoms with van der Waals surface area (Å²) in [6.45, 7) is 7.06. The lowest BCUT2D eigenvalue weighted by Crippen LogP contribution is -2.47. The highest BCUT2D eigenvalue weighted by molar-refractivity contribution is 5.76. The Bertz CT molecular complexity index is 1850. The predicted octanol–water partition coefficient (Wildman–Crippen LogP) is 7.48. The van der Waals surface area contributed by atoms with Gasteiger partial charge in [-0.25, -0.2) is 4.39 Å². The van der Waals surface area contributed by atoms with E-state index in [-0.39, 0.29) is 5.82 Å². The van der Waals surface area contributed by atoms with E-state index in [4.69, 9.17) is 10.1 Å². The molecule has 242 valence electrons. The van der Waals surface area contributed by atoms with Gasteiger partial charge in [-0.1, -0.05) is 60.7 Å². The summed E-state index contributed by atoms with van der Waals surface area (Å²) in [6, 6.07) is 23.3. The average Bonchev–Trinajstić information content (AvgIpc) is 3.38. The van der Waals surface area contributed by atoms with Crippen LogP contribution in [-0.4, -0.2) is 53.4 Å². The van der Waals surface area contributed by atoms with Gasteiger partial charge in [-0.05, 0) is 90.9 Å². The van der Waals surface area contributed by atoms with E-state index in [1.807, 2.05) is 12.1 Å². The Balaban J connectivity index is 0.950. The van der Waals surface area contributed by atoms with Crippen molar-refractivity contribution in [3.63, 3.8) is 0 Å². The summed E-state index contributed by atoms with van der Waals surface area (Å²) >= 11 is 0. The highest BCUT2D eigenvalue weighted by Crippen LogP contribution is 2.31. The number of benzene rings is 3. The number of ether oxygens (including phenoxy) is 1. The number of imidazole rings is 1. The molecule has 2 heterocycles. The predicted molar refractivity (Wildman–Crippen MR) is 188 cm³/mol. The Morgan fingerprint density at radius 2 is 1.53 bits per heavy atom. The first-order valence-electron chi connectivity index (χ1n) is 17.0. The van der Waals surface area contributed by atoms with Gasteiger partial charge in [0.15, 0.2) is 0 Å². The van der Waals surface area contributed by atoms with Gasteiger partial charge in [0.2, 0.25) is 5.62 Å². The van der Waals surface area contributed by atoms with Crippen LogP contribution in [0.4, 0.5) is 10.1 Å². The Morgan fingerprint density at radius 1 is 0.787 bits per heavy atom. The molecule has 0 amide bonds. The van der Waals surface area contributed by atoms with E-state index < -0.39 is 0 Å².